The van der Waals surface area contributed by atoms with Crippen LogP contribution in [0.5, 0.6) is 0 Å². The van der Waals surface area contributed by atoms with Gasteiger partial charge in [-0.1, -0.05) is 18.2 Å². The van der Waals surface area contributed by atoms with Crippen LogP contribution in [0.2, 0.25) is 0 Å². The maximum Gasteiger partial charge on any atom is 0.261 e. The fourth-order valence-electron chi connectivity index (χ4n) is 2.81. The maximum atomic E-state index is 12.6. The molecule has 0 aliphatic rings. The van der Waals surface area contributed by atoms with Crippen LogP contribution in [0.3, 0.4) is 0 Å². The number of rotatable bonds is 7. The van der Waals surface area contributed by atoms with E-state index in [0.29, 0.717) is 17.8 Å². The molecule has 0 aliphatic carbocycles. The van der Waals surface area contributed by atoms with E-state index in [1.54, 1.807) is 54.2 Å². The Morgan fingerprint density at radius 1 is 0.900 bits per heavy atom. The van der Waals surface area contributed by atoms with Gasteiger partial charge in [0.15, 0.2) is 0 Å². The van der Waals surface area contributed by atoms with Crippen LogP contribution >= 0.6 is 11.8 Å². The van der Waals surface area contributed by atoms with Gasteiger partial charge in [-0.25, -0.2) is 8.42 Å². The molecule has 0 atom stereocenters. The third-order valence-corrected chi connectivity index (χ3v) is 6.92. The Labute approximate surface area is 182 Å². The second kappa shape index (κ2) is 9.36. The lowest BCUT2D eigenvalue weighted by atomic mass is 10.1. The summed E-state index contributed by atoms with van der Waals surface area (Å²) in [6.07, 6.45) is 2.02. The molecule has 0 saturated heterocycles. The monoisotopic (exact) mass is 440 g/mol. The van der Waals surface area contributed by atoms with Crippen molar-refractivity contribution in [2.45, 2.75) is 30.2 Å². The lowest BCUT2D eigenvalue weighted by Crippen LogP contribution is -2.22. The molecule has 1 amide bonds. The second-order valence-corrected chi connectivity index (χ2v) is 9.52. The van der Waals surface area contributed by atoms with Gasteiger partial charge in [0, 0.05) is 22.7 Å². The van der Waals surface area contributed by atoms with E-state index < -0.39 is 10.0 Å². The molecular formula is C23H24N2O3S2. The Hall–Kier alpha value is -2.77. The zero-order chi connectivity index (χ0) is 21.7. The van der Waals surface area contributed by atoms with Crippen LogP contribution < -0.4 is 10.0 Å². The molecule has 3 aromatic carbocycles. The number of thioether (sulfide) groups is 1. The van der Waals surface area contributed by atoms with Gasteiger partial charge < -0.3 is 5.32 Å². The molecule has 0 bridgehead atoms. The van der Waals surface area contributed by atoms with Crippen LogP contribution in [-0.2, 0) is 16.6 Å². The zero-order valence-electron chi connectivity index (χ0n) is 17.1. The standard InChI is InChI=1S/C23H24N2O3S2/c1-16-4-13-22(14-17(16)2)30(27,28)25-20-9-7-19(8-10-20)23(26)24-15-18-5-11-21(29-3)12-6-18/h4-14,25H,15H2,1-3H3,(H,24,26). The van der Waals surface area contributed by atoms with Crippen molar-refractivity contribution in [1.82, 2.24) is 5.32 Å². The van der Waals surface area contributed by atoms with Crippen molar-refractivity contribution >= 4 is 33.4 Å². The first kappa shape index (κ1) is 21.9. The van der Waals surface area contributed by atoms with Crippen molar-refractivity contribution in [3.63, 3.8) is 0 Å². The molecule has 5 nitrogen and oxygen atoms in total. The summed E-state index contributed by atoms with van der Waals surface area (Å²) in [5.41, 5.74) is 3.82. The number of aryl methyl sites for hydroxylation is 2. The van der Waals surface area contributed by atoms with Crippen LogP contribution in [0, 0.1) is 13.8 Å². The zero-order valence-corrected chi connectivity index (χ0v) is 18.7. The smallest absolute Gasteiger partial charge is 0.261 e. The summed E-state index contributed by atoms with van der Waals surface area (Å²) < 4.78 is 27.7. The number of anilines is 1. The quantitative estimate of drug-likeness (QED) is 0.520. The van der Waals surface area contributed by atoms with Gasteiger partial charge in [0.25, 0.3) is 15.9 Å². The van der Waals surface area contributed by atoms with Gasteiger partial charge in [0.1, 0.15) is 0 Å². The van der Waals surface area contributed by atoms with Crippen LogP contribution in [0.1, 0.15) is 27.0 Å². The third-order valence-electron chi connectivity index (χ3n) is 4.80. The van der Waals surface area contributed by atoms with E-state index in [0.717, 1.165) is 16.7 Å². The fourth-order valence-corrected chi connectivity index (χ4v) is 4.36. The van der Waals surface area contributed by atoms with Crippen LogP contribution in [0.15, 0.2) is 76.5 Å². The average Bonchev–Trinajstić information content (AvgIpc) is 2.74. The number of hydrogen-bond acceptors (Lipinski definition) is 4. The number of carbonyl (C=O) groups is 1. The molecule has 7 heteroatoms. The Morgan fingerprint density at radius 2 is 1.57 bits per heavy atom. The van der Waals surface area contributed by atoms with Gasteiger partial charge in [-0.2, -0.15) is 0 Å². The Balaban J connectivity index is 1.63. The Morgan fingerprint density at radius 3 is 2.17 bits per heavy atom. The lowest BCUT2D eigenvalue weighted by molar-refractivity contribution is 0.0951. The van der Waals surface area contributed by atoms with Gasteiger partial charge in [-0.3, -0.25) is 9.52 Å². The number of hydrogen-bond donors (Lipinski definition) is 2. The number of amides is 1. The summed E-state index contributed by atoms with van der Waals surface area (Å²) in [5.74, 6) is -0.215. The minimum Gasteiger partial charge on any atom is -0.348 e. The van der Waals surface area contributed by atoms with E-state index in [1.807, 2.05) is 44.4 Å². The molecule has 0 heterocycles. The van der Waals surface area contributed by atoms with Crippen LogP contribution in [0.25, 0.3) is 0 Å². The summed E-state index contributed by atoms with van der Waals surface area (Å²) in [5, 5.41) is 2.87. The first-order chi connectivity index (χ1) is 14.3. The Bertz CT molecular complexity index is 1140. The molecule has 156 valence electrons. The molecule has 0 saturated carbocycles. The van der Waals surface area contributed by atoms with E-state index >= 15 is 0 Å². The van der Waals surface area contributed by atoms with E-state index in [-0.39, 0.29) is 10.8 Å². The van der Waals surface area contributed by atoms with Crippen molar-refractivity contribution in [2.75, 3.05) is 11.0 Å². The van der Waals surface area contributed by atoms with Crippen LogP contribution in [-0.4, -0.2) is 20.6 Å². The lowest BCUT2D eigenvalue weighted by Gasteiger charge is -2.11. The van der Waals surface area contributed by atoms with Crippen molar-refractivity contribution < 1.29 is 13.2 Å². The first-order valence-corrected chi connectivity index (χ1v) is 12.1. The van der Waals surface area contributed by atoms with E-state index in [9.17, 15) is 13.2 Å². The molecule has 3 aromatic rings. The van der Waals surface area contributed by atoms with Gasteiger partial charge in [-0.05, 0) is 85.3 Å². The molecule has 0 aromatic heterocycles. The van der Waals surface area contributed by atoms with Crippen molar-refractivity contribution in [3.8, 4) is 0 Å². The molecule has 0 spiro atoms. The normalized spacial score (nSPS) is 11.2. The van der Waals surface area contributed by atoms with Gasteiger partial charge >= 0.3 is 0 Å². The molecule has 0 unspecified atom stereocenters. The largest absolute Gasteiger partial charge is 0.348 e. The fraction of sp³-hybridized carbons (Fsp3) is 0.174. The highest BCUT2D eigenvalue weighted by atomic mass is 32.2. The first-order valence-electron chi connectivity index (χ1n) is 9.40. The maximum absolute atomic E-state index is 12.6. The summed E-state index contributed by atoms with van der Waals surface area (Å²) >= 11 is 1.67. The highest BCUT2D eigenvalue weighted by Crippen LogP contribution is 2.19. The average molecular weight is 441 g/mol. The van der Waals surface area contributed by atoms with E-state index in [1.165, 1.54) is 4.90 Å². The van der Waals surface area contributed by atoms with Gasteiger partial charge in [-0.15, -0.1) is 11.8 Å². The molecular weight excluding hydrogens is 416 g/mol. The summed E-state index contributed by atoms with van der Waals surface area (Å²) in [6, 6.07) is 19.4. The number of nitrogens with one attached hydrogen (secondary N) is 2. The van der Waals surface area contributed by atoms with Crippen molar-refractivity contribution in [2.24, 2.45) is 0 Å². The number of carbonyl (C=O) groups excluding carboxylic acids is 1. The predicted octanol–water partition coefficient (Wildman–Crippen LogP) is 4.76. The number of benzene rings is 3. The Kier molecular flexibility index (Phi) is 6.84. The third kappa shape index (κ3) is 5.43. The minimum atomic E-state index is -3.69. The summed E-state index contributed by atoms with van der Waals surface area (Å²) in [7, 11) is -3.69. The topological polar surface area (TPSA) is 75.3 Å². The van der Waals surface area contributed by atoms with Crippen molar-refractivity contribution in [1.29, 1.82) is 0 Å². The highest BCUT2D eigenvalue weighted by Gasteiger charge is 2.15. The molecule has 0 fully saturated rings. The molecule has 2 N–H and O–H groups in total. The minimum absolute atomic E-state index is 0.208. The molecule has 0 radical (unpaired) electrons. The van der Waals surface area contributed by atoms with Gasteiger partial charge in [0.05, 0.1) is 4.90 Å². The second-order valence-electron chi connectivity index (χ2n) is 6.96. The van der Waals surface area contributed by atoms with Crippen LogP contribution in [0.4, 0.5) is 5.69 Å². The molecule has 0 aliphatic heterocycles. The molecule has 3 rings (SSSR count). The van der Waals surface area contributed by atoms with E-state index in [4.69, 9.17) is 0 Å². The van der Waals surface area contributed by atoms with Crippen molar-refractivity contribution in [3.05, 3.63) is 89.0 Å². The highest BCUT2D eigenvalue weighted by molar-refractivity contribution is 7.98. The number of sulfonamides is 1. The summed E-state index contributed by atoms with van der Waals surface area (Å²) in [4.78, 5) is 13.8. The summed E-state index contributed by atoms with van der Waals surface area (Å²) in [6.45, 7) is 4.23. The SMILES string of the molecule is CSc1ccc(CNC(=O)c2ccc(NS(=O)(=O)c3ccc(C)c(C)c3)cc2)cc1. The predicted molar refractivity (Wildman–Crippen MR) is 123 cm³/mol. The van der Waals surface area contributed by atoms with Gasteiger partial charge in [0.2, 0.25) is 0 Å². The van der Waals surface area contributed by atoms with E-state index in [2.05, 4.69) is 10.0 Å². The molecule has 30 heavy (non-hydrogen) atoms.